The van der Waals surface area contributed by atoms with Gasteiger partial charge in [0, 0.05) is 62.0 Å². The first kappa shape index (κ1) is 24.1. The van der Waals surface area contributed by atoms with Gasteiger partial charge in [0.25, 0.3) is 0 Å². The van der Waals surface area contributed by atoms with Crippen LogP contribution in [0.1, 0.15) is 22.5 Å². The molecule has 0 spiro atoms. The molecular formula is C21H30IN7S2. The van der Waals surface area contributed by atoms with Crippen molar-refractivity contribution >= 4 is 52.6 Å². The highest BCUT2D eigenvalue weighted by molar-refractivity contribution is 14.0. The van der Waals surface area contributed by atoms with Gasteiger partial charge in [0.15, 0.2) is 5.96 Å². The standard InChI is InChI=1S/C21H29N7S2.HI/c1-2-20-25-24-17-28(20)8-7-22-21(23-15-18-5-3-13-29-18)27-11-9-26(10-12-27)16-19-6-4-14-30-19;/h3-6,13-14,17H,2,7-12,15-16H2,1H3,(H,22,23);1H. The van der Waals surface area contributed by atoms with Crippen LogP contribution in [0.2, 0.25) is 0 Å². The highest BCUT2D eigenvalue weighted by Crippen LogP contribution is 2.14. The normalized spacial score (nSPS) is 15.1. The van der Waals surface area contributed by atoms with E-state index in [0.29, 0.717) is 0 Å². The zero-order valence-electron chi connectivity index (χ0n) is 17.8. The number of halogens is 1. The molecule has 1 fully saturated rings. The summed E-state index contributed by atoms with van der Waals surface area (Å²) in [5, 5.41) is 16.1. The van der Waals surface area contributed by atoms with Crippen molar-refractivity contribution in [3.63, 3.8) is 0 Å². The Morgan fingerprint density at radius 1 is 1.10 bits per heavy atom. The van der Waals surface area contributed by atoms with Crippen LogP contribution in [0.3, 0.4) is 0 Å². The lowest BCUT2D eigenvalue weighted by molar-refractivity contribution is 0.173. The van der Waals surface area contributed by atoms with E-state index in [2.05, 4.69) is 71.8 Å². The molecule has 3 aromatic heterocycles. The minimum atomic E-state index is 0. The lowest BCUT2D eigenvalue weighted by atomic mass is 10.3. The summed E-state index contributed by atoms with van der Waals surface area (Å²) in [6.45, 7) is 9.64. The highest BCUT2D eigenvalue weighted by atomic mass is 127. The Hall–Kier alpha value is -1.50. The van der Waals surface area contributed by atoms with Crippen molar-refractivity contribution < 1.29 is 0 Å². The van der Waals surface area contributed by atoms with Crippen LogP contribution in [0.15, 0.2) is 46.3 Å². The van der Waals surface area contributed by atoms with Crippen molar-refractivity contribution in [2.24, 2.45) is 4.99 Å². The minimum Gasteiger partial charge on any atom is -0.354 e. The Morgan fingerprint density at radius 2 is 1.84 bits per heavy atom. The highest BCUT2D eigenvalue weighted by Gasteiger charge is 2.20. The Kier molecular flexibility index (Phi) is 9.75. The molecule has 0 saturated carbocycles. The lowest BCUT2D eigenvalue weighted by Crippen LogP contribution is -2.52. The van der Waals surface area contributed by atoms with E-state index in [0.717, 1.165) is 70.6 Å². The Labute approximate surface area is 209 Å². The van der Waals surface area contributed by atoms with E-state index < -0.39 is 0 Å². The lowest BCUT2D eigenvalue weighted by Gasteiger charge is -2.36. The summed E-state index contributed by atoms with van der Waals surface area (Å²) < 4.78 is 2.11. The summed E-state index contributed by atoms with van der Waals surface area (Å²) in [5.74, 6) is 2.03. The third kappa shape index (κ3) is 6.99. The average Bonchev–Trinajstić information content (AvgIpc) is 3.54. The first-order valence-electron chi connectivity index (χ1n) is 10.5. The van der Waals surface area contributed by atoms with Gasteiger partial charge in [-0.1, -0.05) is 19.1 Å². The third-order valence-electron chi connectivity index (χ3n) is 5.24. The first-order chi connectivity index (χ1) is 14.8. The molecule has 0 atom stereocenters. The maximum Gasteiger partial charge on any atom is 0.194 e. The predicted molar refractivity (Wildman–Crippen MR) is 139 cm³/mol. The molecule has 4 rings (SSSR count). The van der Waals surface area contributed by atoms with Gasteiger partial charge in [-0.2, -0.15) is 0 Å². The molecular weight excluding hydrogens is 541 g/mol. The fourth-order valence-electron chi connectivity index (χ4n) is 3.59. The van der Waals surface area contributed by atoms with Gasteiger partial charge in [-0.3, -0.25) is 4.90 Å². The second-order valence-corrected chi connectivity index (χ2v) is 9.35. The van der Waals surface area contributed by atoms with E-state index in [1.807, 2.05) is 17.7 Å². The summed E-state index contributed by atoms with van der Waals surface area (Å²) in [6.07, 6.45) is 2.71. The van der Waals surface area contributed by atoms with Gasteiger partial charge in [0.2, 0.25) is 0 Å². The molecule has 10 heteroatoms. The molecule has 1 aliphatic rings. The largest absolute Gasteiger partial charge is 0.354 e. The van der Waals surface area contributed by atoms with Crippen LogP contribution < -0.4 is 5.32 Å². The second-order valence-electron chi connectivity index (χ2n) is 7.28. The molecule has 1 saturated heterocycles. The van der Waals surface area contributed by atoms with Crippen molar-refractivity contribution in [3.05, 3.63) is 56.9 Å². The van der Waals surface area contributed by atoms with Crippen LogP contribution in [0.4, 0.5) is 0 Å². The van der Waals surface area contributed by atoms with Crippen LogP contribution in [-0.4, -0.2) is 63.2 Å². The maximum absolute atomic E-state index is 4.94. The molecule has 0 bridgehead atoms. The molecule has 0 radical (unpaired) electrons. The molecule has 0 aromatic carbocycles. The summed E-state index contributed by atoms with van der Waals surface area (Å²) in [7, 11) is 0. The van der Waals surface area contributed by atoms with E-state index in [4.69, 9.17) is 4.99 Å². The molecule has 4 heterocycles. The van der Waals surface area contributed by atoms with Crippen molar-refractivity contribution in [2.75, 3.05) is 32.7 Å². The van der Waals surface area contributed by atoms with Crippen molar-refractivity contribution in [3.8, 4) is 0 Å². The average molecular weight is 572 g/mol. The second kappa shape index (κ2) is 12.5. The molecule has 31 heavy (non-hydrogen) atoms. The van der Waals surface area contributed by atoms with Gasteiger partial charge in [-0.25, -0.2) is 4.99 Å². The van der Waals surface area contributed by atoms with E-state index in [-0.39, 0.29) is 24.0 Å². The number of guanidine groups is 1. The van der Waals surface area contributed by atoms with E-state index in [9.17, 15) is 0 Å². The smallest absolute Gasteiger partial charge is 0.194 e. The number of aromatic nitrogens is 3. The van der Waals surface area contributed by atoms with Crippen LogP contribution in [0, 0.1) is 0 Å². The number of hydrogen-bond donors (Lipinski definition) is 1. The molecule has 0 aliphatic carbocycles. The fourth-order valence-corrected chi connectivity index (χ4v) is 4.97. The molecule has 3 aromatic rings. The number of aliphatic imine (C=N–C) groups is 1. The number of aryl methyl sites for hydroxylation is 1. The zero-order valence-corrected chi connectivity index (χ0v) is 21.8. The van der Waals surface area contributed by atoms with Gasteiger partial charge in [0.05, 0.1) is 6.54 Å². The monoisotopic (exact) mass is 571 g/mol. The van der Waals surface area contributed by atoms with E-state index >= 15 is 0 Å². The Balaban J connectivity index is 0.00000272. The van der Waals surface area contributed by atoms with Gasteiger partial charge in [-0.05, 0) is 22.9 Å². The molecule has 168 valence electrons. The first-order valence-corrected chi connectivity index (χ1v) is 12.2. The van der Waals surface area contributed by atoms with Crippen molar-refractivity contribution in [2.45, 2.75) is 33.0 Å². The minimum absolute atomic E-state index is 0. The summed E-state index contributed by atoms with van der Waals surface area (Å²) in [6, 6.07) is 8.59. The van der Waals surface area contributed by atoms with Gasteiger partial charge in [0.1, 0.15) is 12.2 Å². The number of piperazine rings is 1. The molecule has 7 nitrogen and oxygen atoms in total. The molecule has 1 aliphatic heterocycles. The van der Waals surface area contributed by atoms with Crippen LogP contribution in [-0.2, 0) is 26.1 Å². The predicted octanol–water partition coefficient (Wildman–Crippen LogP) is 3.55. The van der Waals surface area contributed by atoms with Crippen LogP contribution in [0.25, 0.3) is 0 Å². The molecule has 1 N–H and O–H groups in total. The van der Waals surface area contributed by atoms with Crippen LogP contribution >= 0.6 is 46.7 Å². The SMILES string of the molecule is CCc1nncn1CCNC(=NCc1cccs1)N1CCN(Cc2cccs2)CC1.I. The number of nitrogens with one attached hydrogen (secondary N) is 1. The van der Waals surface area contributed by atoms with Gasteiger partial charge < -0.3 is 14.8 Å². The van der Waals surface area contributed by atoms with E-state index in [1.54, 1.807) is 11.3 Å². The van der Waals surface area contributed by atoms with Gasteiger partial charge >= 0.3 is 0 Å². The molecule has 0 unspecified atom stereocenters. The zero-order chi connectivity index (χ0) is 20.6. The van der Waals surface area contributed by atoms with E-state index in [1.165, 1.54) is 9.75 Å². The summed E-state index contributed by atoms with van der Waals surface area (Å²) >= 11 is 3.60. The topological polar surface area (TPSA) is 61.6 Å². The molecule has 0 amide bonds. The third-order valence-corrected chi connectivity index (χ3v) is 6.97. The quantitative estimate of drug-likeness (QED) is 0.255. The van der Waals surface area contributed by atoms with Crippen molar-refractivity contribution in [1.29, 1.82) is 0 Å². The number of thiophene rings is 2. The fraction of sp³-hybridized carbons (Fsp3) is 0.476. The number of hydrogen-bond acceptors (Lipinski definition) is 6. The summed E-state index contributed by atoms with van der Waals surface area (Å²) in [4.78, 5) is 12.6. The van der Waals surface area contributed by atoms with Crippen LogP contribution in [0.5, 0.6) is 0 Å². The Bertz CT molecular complexity index is 900. The number of nitrogens with zero attached hydrogens (tertiary/aromatic N) is 6. The van der Waals surface area contributed by atoms with Crippen molar-refractivity contribution in [1.82, 2.24) is 29.9 Å². The summed E-state index contributed by atoms with van der Waals surface area (Å²) in [5.41, 5.74) is 0. The maximum atomic E-state index is 4.94. The van der Waals surface area contributed by atoms with Gasteiger partial charge in [-0.15, -0.1) is 56.8 Å². The Morgan fingerprint density at radius 3 is 2.52 bits per heavy atom. The number of rotatable bonds is 8.